The molecule has 0 unspecified atom stereocenters. The number of hydrogen-bond donors (Lipinski definition) is 1. The highest BCUT2D eigenvalue weighted by Gasteiger charge is 2.35. The van der Waals surface area contributed by atoms with Gasteiger partial charge in [0, 0.05) is 32.8 Å². The zero-order valence-electron chi connectivity index (χ0n) is 17.7. The summed E-state index contributed by atoms with van der Waals surface area (Å²) in [5.41, 5.74) is 1.41. The smallest absolute Gasteiger partial charge is 0.249 e. The Morgan fingerprint density at radius 1 is 1.16 bits per heavy atom. The number of hydrogen-bond acceptors (Lipinski definition) is 6. The van der Waals surface area contributed by atoms with Crippen LogP contribution in [0.25, 0.3) is 0 Å². The van der Waals surface area contributed by atoms with Gasteiger partial charge < -0.3 is 19.9 Å². The average Bonchev–Trinajstić information content (AvgIpc) is 2.69. The highest BCUT2D eigenvalue weighted by atomic mass is 19.2. The van der Waals surface area contributed by atoms with Crippen molar-refractivity contribution in [2.75, 3.05) is 35.8 Å². The van der Waals surface area contributed by atoms with Gasteiger partial charge >= 0.3 is 0 Å². The van der Waals surface area contributed by atoms with Gasteiger partial charge in [-0.05, 0) is 32.6 Å². The van der Waals surface area contributed by atoms with Gasteiger partial charge in [0.05, 0.1) is 11.8 Å². The van der Waals surface area contributed by atoms with Crippen molar-refractivity contribution in [2.45, 2.75) is 38.8 Å². The topological polar surface area (TPSA) is 70.6 Å². The maximum atomic E-state index is 13.3. The number of ether oxygens (including phenoxy) is 1. The van der Waals surface area contributed by atoms with Crippen molar-refractivity contribution in [3.05, 3.63) is 35.3 Å². The van der Waals surface area contributed by atoms with Gasteiger partial charge in [0.1, 0.15) is 17.5 Å². The molecule has 1 aromatic heterocycles. The van der Waals surface area contributed by atoms with Crippen molar-refractivity contribution in [1.82, 2.24) is 9.97 Å². The van der Waals surface area contributed by atoms with Crippen LogP contribution in [0, 0.1) is 30.3 Å². The van der Waals surface area contributed by atoms with Crippen LogP contribution in [0.5, 0.6) is 5.75 Å². The average molecular weight is 435 g/mol. The van der Waals surface area contributed by atoms with Crippen LogP contribution in [0.3, 0.4) is 0 Å². The molecule has 1 aliphatic heterocycles. The summed E-state index contributed by atoms with van der Waals surface area (Å²) >= 11 is 0. The number of amides is 1. The number of carbonyl (C=O) groups excluding carboxylic acids is 1. The van der Waals surface area contributed by atoms with Crippen molar-refractivity contribution in [2.24, 2.45) is 5.92 Å². The number of aromatic nitrogens is 2. The summed E-state index contributed by atoms with van der Waals surface area (Å²) in [5.74, 6) is -2.61. The lowest BCUT2D eigenvalue weighted by molar-refractivity contribution is -0.119. The van der Waals surface area contributed by atoms with Gasteiger partial charge in [0.25, 0.3) is 0 Å². The molecule has 1 atom stereocenters. The molecule has 1 aromatic carbocycles. The Labute approximate surface area is 178 Å². The first kappa shape index (κ1) is 21.2. The number of nitrogens with one attached hydrogen (secondary N) is 1. The van der Waals surface area contributed by atoms with Crippen molar-refractivity contribution in [3.8, 4) is 5.75 Å². The minimum atomic E-state index is -1.50. The van der Waals surface area contributed by atoms with Gasteiger partial charge in [-0.1, -0.05) is 0 Å². The monoisotopic (exact) mass is 435 g/mol. The van der Waals surface area contributed by atoms with Crippen LogP contribution in [0.4, 0.5) is 30.6 Å². The molecule has 1 saturated carbocycles. The molecule has 0 saturated heterocycles. The summed E-state index contributed by atoms with van der Waals surface area (Å²) in [4.78, 5) is 24.9. The van der Waals surface area contributed by atoms with E-state index in [1.54, 1.807) is 11.9 Å². The fraction of sp³-hybridized carbons (Fsp3) is 0.476. The lowest BCUT2D eigenvalue weighted by Gasteiger charge is -2.38. The number of likely N-dealkylation sites (N-methyl/N-ethyl adjacent to an activating group) is 2. The molecule has 4 rings (SSSR count). The molecular weight excluding hydrogens is 411 g/mol. The SMILES string of the molecule is Cc1nc(NC[C@H]2C[C@@H](Oc3cc(F)c(F)c(F)c3)C2)nc2c1N(C)C(=O)[C@H](C)N2C. The van der Waals surface area contributed by atoms with Gasteiger partial charge in [0.2, 0.25) is 11.9 Å². The largest absolute Gasteiger partial charge is 0.490 e. The second-order valence-electron chi connectivity index (χ2n) is 8.15. The lowest BCUT2D eigenvalue weighted by Crippen LogP contribution is -2.50. The summed E-state index contributed by atoms with van der Waals surface area (Å²) in [6.45, 7) is 4.28. The maximum absolute atomic E-state index is 13.3. The van der Waals surface area contributed by atoms with E-state index in [9.17, 15) is 18.0 Å². The highest BCUT2D eigenvalue weighted by molar-refractivity contribution is 6.04. The van der Waals surface area contributed by atoms with E-state index in [0.29, 0.717) is 42.5 Å². The predicted molar refractivity (Wildman–Crippen MR) is 110 cm³/mol. The fourth-order valence-corrected chi connectivity index (χ4v) is 3.97. The number of nitrogens with zero attached hydrogens (tertiary/aromatic N) is 4. The Balaban J connectivity index is 1.35. The Hall–Kier alpha value is -3.04. The first-order valence-corrected chi connectivity index (χ1v) is 10.1. The quantitative estimate of drug-likeness (QED) is 0.727. The standard InChI is InChI=1S/C21H24F3N5O2/c1-10-18-19(28(3)11(2)20(30)29(18)4)27-21(26-10)25-9-12-5-13(6-12)31-14-7-15(22)17(24)16(23)8-14/h7-8,11-13H,5-6,9H2,1-4H3,(H,25,26,27)/t11-,12-,13+/m0/s1. The third-order valence-corrected chi connectivity index (χ3v) is 5.98. The van der Waals surface area contributed by atoms with E-state index in [2.05, 4.69) is 15.3 Å². The summed E-state index contributed by atoms with van der Waals surface area (Å²) in [7, 11) is 3.56. The molecule has 166 valence electrons. The lowest BCUT2D eigenvalue weighted by atomic mass is 9.82. The van der Waals surface area contributed by atoms with Gasteiger partial charge in [-0.2, -0.15) is 4.98 Å². The molecule has 1 N–H and O–H groups in total. The number of anilines is 3. The molecule has 10 heteroatoms. The molecule has 2 aromatic rings. The minimum absolute atomic E-state index is 0.0103. The van der Waals surface area contributed by atoms with Crippen molar-refractivity contribution in [3.63, 3.8) is 0 Å². The summed E-state index contributed by atoms with van der Waals surface area (Å²) in [5, 5.41) is 3.23. The summed E-state index contributed by atoms with van der Waals surface area (Å²) in [6, 6.07) is 1.39. The maximum Gasteiger partial charge on any atom is 0.249 e. The molecule has 2 aliphatic rings. The third-order valence-electron chi connectivity index (χ3n) is 5.98. The number of halogens is 3. The fourth-order valence-electron chi connectivity index (χ4n) is 3.97. The van der Waals surface area contributed by atoms with Crippen molar-refractivity contribution < 1.29 is 22.7 Å². The molecule has 0 spiro atoms. The van der Waals surface area contributed by atoms with Crippen molar-refractivity contribution in [1.29, 1.82) is 0 Å². The number of carbonyl (C=O) groups is 1. The Bertz CT molecular complexity index is 1010. The molecule has 31 heavy (non-hydrogen) atoms. The number of fused-ring (bicyclic) bond motifs is 1. The van der Waals surface area contributed by atoms with Crippen LogP contribution < -0.4 is 19.9 Å². The van der Waals surface area contributed by atoms with Crippen LogP contribution in [0.2, 0.25) is 0 Å². The van der Waals surface area contributed by atoms with Crippen LogP contribution >= 0.6 is 0 Å². The molecule has 0 radical (unpaired) electrons. The molecule has 2 heterocycles. The number of benzene rings is 1. The molecule has 7 nitrogen and oxygen atoms in total. The third kappa shape index (κ3) is 3.86. The normalized spacial score (nSPS) is 22.8. The molecule has 1 fully saturated rings. The van der Waals surface area contributed by atoms with E-state index in [1.165, 1.54) is 0 Å². The second-order valence-corrected chi connectivity index (χ2v) is 8.15. The first-order valence-electron chi connectivity index (χ1n) is 10.1. The minimum Gasteiger partial charge on any atom is -0.490 e. The van der Waals surface area contributed by atoms with Gasteiger partial charge in [-0.25, -0.2) is 18.2 Å². The van der Waals surface area contributed by atoms with Crippen molar-refractivity contribution >= 4 is 23.4 Å². The second kappa shape index (κ2) is 7.90. The van der Waals surface area contributed by atoms with Crippen LogP contribution in [0.15, 0.2) is 12.1 Å². The van der Waals surface area contributed by atoms with Crippen LogP contribution in [0.1, 0.15) is 25.5 Å². The first-order chi connectivity index (χ1) is 14.7. The molecule has 1 amide bonds. The van der Waals surface area contributed by atoms with Gasteiger partial charge in [-0.3, -0.25) is 4.79 Å². The van der Waals surface area contributed by atoms with E-state index in [-0.39, 0.29) is 29.7 Å². The zero-order valence-corrected chi connectivity index (χ0v) is 17.7. The Morgan fingerprint density at radius 2 is 1.81 bits per heavy atom. The zero-order chi connectivity index (χ0) is 22.4. The summed E-state index contributed by atoms with van der Waals surface area (Å²) in [6.07, 6.45) is 1.19. The van der Waals surface area contributed by atoms with E-state index in [1.807, 2.05) is 25.8 Å². The summed E-state index contributed by atoms with van der Waals surface area (Å²) < 4.78 is 45.2. The molecule has 0 bridgehead atoms. The van der Waals surface area contributed by atoms with E-state index >= 15 is 0 Å². The van der Waals surface area contributed by atoms with Gasteiger partial charge in [-0.15, -0.1) is 0 Å². The van der Waals surface area contributed by atoms with E-state index < -0.39 is 17.5 Å². The van der Waals surface area contributed by atoms with Crippen LogP contribution in [-0.4, -0.2) is 48.7 Å². The molecule has 1 aliphatic carbocycles. The van der Waals surface area contributed by atoms with E-state index in [4.69, 9.17) is 4.74 Å². The Morgan fingerprint density at radius 3 is 2.45 bits per heavy atom. The number of rotatable bonds is 5. The molecular formula is C21H24F3N5O2. The van der Waals surface area contributed by atoms with Crippen LogP contribution in [-0.2, 0) is 4.79 Å². The van der Waals surface area contributed by atoms with Gasteiger partial charge in [0.15, 0.2) is 23.3 Å². The highest BCUT2D eigenvalue weighted by Crippen LogP contribution is 2.36. The Kier molecular flexibility index (Phi) is 5.40. The predicted octanol–water partition coefficient (Wildman–Crippen LogP) is 3.27. The number of aryl methyl sites for hydroxylation is 1. The van der Waals surface area contributed by atoms with E-state index in [0.717, 1.165) is 12.1 Å².